The molecule has 0 aromatic carbocycles. The van der Waals surface area contributed by atoms with Crippen LogP contribution in [-0.2, 0) is 0 Å². The van der Waals surface area contributed by atoms with Crippen molar-refractivity contribution in [3.05, 3.63) is 23.9 Å². The third-order valence-electron chi connectivity index (χ3n) is 7.05. The number of hydrogen-bond donors (Lipinski definition) is 1. The summed E-state index contributed by atoms with van der Waals surface area (Å²) in [6.45, 7) is 5.06. The van der Waals surface area contributed by atoms with Crippen molar-refractivity contribution in [3.8, 4) is 0 Å². The molecule has 2 heterocycles. The number of hydrogen-bond acceptors (Lipinski definition) is 2. The second kappa shape index (κ2) is 7.42. The van der Waals surface area contributed by atoms with Gasteiger partial charge < -0.3 is 10.2 Å². The second-order valence-corrected chi connectivity index (χ2v) is 8.43. The van der Waals surface area contributed by atoms with Gasteiger partial charge in [0, 0.05) is 31.9 Å². The molecule has 128 valence electrons. The predicted octanol–water partition coefficient (Wildman–Crippen LogP) is 4.35. The fraction of sp³-hybridized carbons (Fsp3) is 0.810. The van der Waals surface area contributed by atoms with E-state index in [1.807, 2.05) is 0 Å². The molecule has 0 amide bonds. The van der Waals surface area contributed by atoms with Gasteiger partial charge in [0.1, 0.15) is 0 Å². The van der Waals surface area contributed by atoms with E-state index in [-0.39, 0.29) is 0 Å². The molecule has 0 radical (unpaired) electrons. The van der Waals surface area contributed by atoms with Crippen molar-refractivity contribution in [1.82, 2.24) is 10.2 Å². The van der Waals surface area contributed by atoms with E-state index < -0.39 is 0 Å². The Hall–Kier alpha value is -0.760. The topological polar surface area (TPSA) is 15.3 Å². The summed E-state index contributed by atoms with van der Waals surface area (Å²) in [4.78, 5) is 2.85. The third-order valence-corrected chi connectivity index (χ3v) is 7.05. The largest absolute Gasteiger partial charge is 0.385 e. The first kappa shape index (κ1) is 15.7. The highest BCUT2D eigenvalue weighted by Gasteiger charge is 2.41. The lowest BCUT2D eigenvalue weighted by molar-refractivity contribution is 0.106. The molecular formula is C21H34N2. The van der Waals surface area contributed by atoms with Crippen molar-refractivity contribution in [2.24, 2.45) is 23.7 Å². The first-order chi connectivity index (χ1) is 11.4. The summed E-state index contributed by atoms with van der Waals surface area (Å²) in [5.41, 5.74) is 1.44. The number of dihydropyridines is 1. The van der Waals surface area contributed by atoms with Crippen LogP contribution in [0.1, 0.15) is 57.8 Å². The van der Waals surface area contributed by atoms with Gasteiger partial charge in [-0.3, -0.25) is 0 Å². The van der Waals surface area contributed by atoms with E-state index in [9.17, 15) is 0 Å². The predicted molar refractivity (Wildman–Crippen MR) is 97.2 cm³/mol. The zero-order valence-electron chi connectivity index (χ0n) is 14.7. The quantitative estimate of drug-likeness (QED) is 0.833. The highest BCUT2D eigenvalue weighted by molar-refractivity contribution is 5.16. The fourth-order valence-electron chi connectivity index (χ4n) is 5.93. The van der Waals surface area contributed by atoms with Crippen LogP contribution in [-0.4, -0.2) is 31.1 Å². The molecule has 0 bridgehead atoms. The number of nitrogens with zero attached hydrogens (tertiary/aromatic N) is 1. The molecule has 1 saturated heterocycles. The minimum Gasteiger partial charge on any atom is -0.385 e. The van der Waals surface area contributed by atoms with Gasteiger partial charge in [0.15, 0.2) is 0 Å². The van der Waals surface area contributed by atoms with Gasteiger partial charge in [0.25, 0.3) is 0 Å². The summed E-state index contributed by atoms with van der Waals surface area (Å²) < 4.78 is 0. The first-order valence-corrected chi connectivity index (χ1v) is 10.2. The van der Waals surface area contributed by atoms with Gasteiger partial charge in [0.2, 0.25) is 0 Å². The molecular weight excluding hydrogens is 280 g/mol. The SMILES string of the molecule is C1=CCNC(CCN2CC3CCCCC3C3CCCCC3C2)=C1. The van der Waals surface area contributed by atoms with Crippen LogP contribution in [0.25, 0.3) is 0 Å². The van der Waals surface area contributed by atoms with Crippen molar-refractivity contribution < 1.29 is 0 Å². The maximum atomic E-state index is 3.53. The van der Waals surface area contributed by atoms with E-state index in [4.69, 9.17) is 0 Å². The minimum absolute atomic E-state index is 1.00. The lowest BCUT2D eigenvalue weighted by Gasteiger charge is -2.40. The minimum atomic E-state index is 1.00. The molecule has 2 saturated carbocycles. The average molecular weight is 315 g/mol. The Kier molecular flexibility index (Phi) is 5.08. The van der Waals surface area contributed by atoms with Crippen LogP contribution in [0.4, 0.5) is 0 Å². The molecule has 2 nitrogen and oxygen atoms in total. The Morgan fingerprint density at radius 1 is 0.913 bits per heavy atom. The summed E-state index contributed by atoms with van der Waals surface area (Å²) in [5, 5.41) is 3.53. The van der Waals surface area contributed by atoms with Gasteiger partial charge in [-0.1, -0.05) is 37.8 Å². The Labute approximate surface area is 142 Å². The lowest BCUT2D eigenvalue weighted by atomic mass is 9.65. The maximum absolute atomic E-state index is 3.53. The van der Waals surface area contributed by atoms with E-state index in [0.29, 0.717) is 0 Å². The van der Waals surface area contributed by atoms with Gasteiger partial charge in [-0.15, -0.1) is 0 Å². The van der Waals surface area contributed by atoms with Crippen LogP contribution in [0.5, 0.6) is 0 Å². The number of rotatable bonds is 3. The van der Waals surface area contributed by atoms with Gasteiger partial charge >= 0.3 is 0 Å². The van der Waals surface area contributed by atoms with E-state index in [1.54, 1.807) is 0 Å². The second-order valence-electron chi connectivity index (χ2n) is 8.43. The van der Waals surface area contributed by atoms with Crippen molar-refractivity contribution >= 4 is 0 Å². The van der Waals surface area contributed by atoms with E-state index >= 15 is 0 Å². The Bertz CT molecular complexity index is 429. The van der Waals surface area contributed by atoms with Gasteiger partial charge in [-0.05, 0) is 61.9 Å². The van der Waals surface area contributed by atoms with Gasteiger partial charge in [-0.25, -0.2) is 0 Å². The number of fused-ring (bicyclic) bond motifs is 3. The zero-order chi connectivity index (χ0) is 15.5. The normalized spacial score (nSPS) is 38.0. The maximum Gasteiger partial charge on any atom is 0.0330 e. The standard InChI is InChI=1S/C21H34N2/c1-3-10-20-17(7-1)15-23(14-12-19-9-5-6-13-22-19)16-18-8-2-4-11-21(18)20/h5-6,9,17-18,20-22H,1-4,7-8,10-16H2. The Morgan fingerprint density at radius 3 is 2.17 bits per heavy atom. The van der Waals surface area contributed by atoms with Crippen LogP contribution in [0.15, 0.2) is 23.9 Å². The van der Waals surface area contributed by atoms with Crippen LogP contribution in [0, 0.1) is 23.7 Å². The monoisotopic (exact) mass is 314 g/mol. The molecule has 2 heteroatoms. The van der Waals surface area contributed by atoms with E-state index in [1.165, 1.54) is 83.1 Å². The molecule has 4 unspecified atom stereocenters. The van der Waals surface area contributed by atoms with Crippen molar-refractivity contribution in [2.45, 2.75) is 57.8 Å². The van der Waals surface area contributed by atoms with Crippen LogP contribution in [0.2, 0.25) is 0 Å². The van der Waals surface area contributed by atoms with Gasteiger partial charge in [-0.2, -0.15) is 0 Å². The number of nitrogens with one attached hydrogen (secondary N) is 1. The van der Waals surface area contributed by atoms with Crippen LogP contribution in [0.3, 0.4) is 0 Å². The zero-order valence-corrected chi connectivity index (χ0v) is 14.7. The molecule has 4 aliphatic rings. The number of likely N-dealkylation sites (tertiary alicyclic amines) is 1. The average Bonchev–Trinajstić information content (AvgIpc) is 2.77. The molecule has 4 rings (SSSR count). The fourth-order valence-corrected chi connectivity index (χ4v) is 5.93. The highest BCUT2D eigenvalue weighted by atomic mass is 15.1. The van der Waals surface area contributed by atoms with Crippen LogP contribution < -0.4 is 5.32 Å². The smallest absolute Gasteiger partial charge is 0.0330 e. The van der Waals surface area contributed by atoms with Gasteiger partial charge in [0.05, 0.1) is 0 Å². The summed E-state index contributed by atoms with van der Waals surface area (Å²) in [5.74, 6) is 4.14. The Balaban J connectivity index is 1.43. The van der Waals surface area contributed by atoms with Crippen molar-refractivity contribution in [1.29, 1.82) is 0 Å². The molecule has 0 aromatic heterocycles. The molecule has 1 N–H and O–H groups in total. The Morgan fingerprint density at radius 2 is 1.57 bits per heavy atom. The molecule has 2 aliphatic heterocycles. The lowest BCUT2D eigenvalue weighted by Crippen LogP contribution is -2.34. The van der Waals surface area contributed by atoms with Crippen molar-refractivity contribution in [2.75, 3.05) is 26.2 Å². The molecule has 0 spiro atoms. The molecule has 0 aromatic rings. The summed E-state index contributed by atoms with van der Waals surface area (Å²) in [7, 11) is 0. The summed E-state index contributed by atoms with van der Waals surface area (Å²) in [6.07, 6.45) is 20.0. The molecule has 4 atom stereocenters. The molecule has 23 heavy (non-hydrogen) atoms. The van der Waals surface area contributed by atoms with Crippen LogP contribution >= 0.6 is 0 Å². The highest BCUT2D eigenvalue weighted by Crippen LogP contribution is 2.46. The first-order valence-electron chi connectivity index (χ1n) is 10.2. The van der Waals surface area contributed by atoms with Crippen molar-refractivity contribution in [3.63, 3.8) is 0 Å². The summed E-state index contributed by atoms with van der Waals surface area (Å²) >= 11 is 0. The summed E-state index contributed by atoms with van der Waals surface area (Å²) in [6, 6.07) is 0. The van der Waals surface area contributed by atoms with E-state index in [0.717, 1.165) is 30.2 Å². The molecule has 2 aliphatic carbocycles. The molecule has 3 fully saturated rings. The van der Waals surface area contributed by atoms with E-state index in [2.05, 4.69) is 28.4 Å². The third kappa shape index (κ3) is 3.68. The number of allylic oxidation sites excluding steroid dienone is 2.